The molecular formula is C14H18N4O2. The Morgan fingerprint density at radius 1 is 1.40 bits per heavy atom. The van der Waals surface area contributed by atoms with E-state index in [-0.39, 0.29) is 11.4 Å². The number of nitro groups is 1. The molecule has 1 heterocycles. The molecule has 0 aliphatic heterocycles. The van der Waals surface area contributed by atoms with Gasteiger partial charge in [0.05, 0.1) is 4.92 Å². The highest BCUT2D eigenvalue weighted by Gasteiger charge is 2.19. The second-order valence-corrected chi connectivity index (χ2v) is 5.39. The molecule has 20 heavy (non-hydrogen) atoms. The minimum absolute atomic E-state index is 0.137. The van der Waals surface area contributed by atoms with Crippen LogP contribution >= 0.6 is 0 Å². The monoisotopic (exact) mass is 274 g/mol. The molecule has 0 aromatic carbocycles. The van der Waals surface area contributed by atoms with Crippen LogP contribution in [0.4, 0.5) is 11.5 Å². The largest absolute Gasteiger partial charge is 0.367 e. The number of anilines is 1. The zero-order chi connectivity index (χ0) is 14.5. The average Bonchev–Trinajstić information content (AvgIpc) is 2.63. The van der Waals surface area contributed by atoms with Crippen molar-refractivity contribution >= 4 is 11.5 Å². The SMILES string of the molecule is CC1CCCC(Nc2ccc([N+](=O)[O-])c(C#N)n2)CC1. The maximum absolute atomic E-state index is 10.8. The zero-order valence-electron chi connectivity index (χ0n) is 11.5. The highest BCUT2D eigenvalue weighted by Crippen LogP contribution is 2.25. The molecule has 2 unspecified atom stereocenters. The van der Waals surface area contributed by atoms with Crippen molar-refractivity contribution in [3.05, 3.63) is 27.9 Å². The summed E-state index contributed by atoms with van der Waals surface area (Å²) in [4.78, 5) is 14.2. The molecule has 2 atom stereocenters. The van der Waals surface area contributed by atoms with Crippen LogP contribution in [0, 0.1) is 27.4 Å². The number of hydrogen-bond acceptors (Lipinski definition) is 5. The Balaban J connectivity index is 2.10. The minimum atomic E-state index is -0.581. The van der Waals surface area contributed by atoms with Gasteiger partial charge in [-0.2, -0.15) is 5.26 Å². The molecule has 106 valence electrons. The molecule has 1 saturated carbocycles. The molecular weight excluding hydrogens is 256 g/mol. The lowest BCUT2D eigenvalue weighted by Crippen LogP contribution is -2.19. The second-order valence-electron chi connectivity index (χ2n) is 5.39. The fraction of sp³-hybridized carbons (Fsp3) is 0.571. The summed E-state index contributed by atoms with van der Waals surface area (Å²) in [6, 6.07) is 5.03. The smallest absolute Gasteiger partial charge is 0.305 e. The van der Waals surface area contributed by atoms with E-state index in [4.69, 9.17) is 5.26 Å². The number of nitrogens with one attached hydrogen (secondary N) is 1. The number of pyridine rings is 1. The molecule has 0 bridgehead atoms. The van der Waals surface area contributed by atoms with Crippen LogP contribution in [0.5, 0.6) is 0 Å². The first kappa shape index (κ1) is 14.3. The lowest BCUT2D eigenvalue weighted by atomic mass is 10.0. The van der Waals surface area contributed by atoms with Gasteiger partial charge >= 0.3 is 5.69 Å². The Hall–Kier alpha value is -2.16. The van der Waals surface area contributed by atoms with Crippen molar-refractivity contribution in [3.8, 4) is 6.07 Å². The summed E-state index contributed by atoms with van der Waals surface area (Å²) in [6.07, 6.45) is 5.74. The van der Waals surface area contributed by atoms with Crippen LogP contribution in [0.1, 0.15) is 44.7 Å². The number of rotatable bonds is 3. The third-order valence-corrected chi connectivity index (χ3v) is 3.79. The predicted octanol–water partition coefficient (Wildman–Crippen LogP) is 3.24. The molecule has 0 saturated heterocycles. The van der Waals surface area contributed by atoms with Gasteiger partial charge in [-0.05, 0) is 31.2 Å². The average molecular weight is 274 g/mol. The Morgan fingerprint density at radius 2 is 2.20 bits per heavy atom. The van der Waals surface area contributed by atoms with Gasteiger partial charge in [0.25, 0.3) is 0 Å². The van der Waals surface area contributed by atoms with Crippen LogP contribution in [0.15, 0.2) is 12.1 Å². The van der Waals surface area contributed by atoms with Crippen molar-refractivity contribution in [2.75, 3.05) is 5.32 Å². The summed E-state index contributed by atoms with van der Waals surface area (Å²) >= 11 is 0. The van der Waals surface area contributed by atoms with Crippen molar-refractivity contribution in [1.29, 1.82) is 5.26 Å². The van der Waals surface area contributed by atoms with E-state index in [0.29, 0.717) is 11.9 Å². The van der Waals surface area contributed by atoms with Crippen molar-refractivity contribution in [1.82, 2.24) is 4.98 Å². The highest BCUT2D eigenvalue weighted by molar-refractivity contribution is 5.50. The predicted molar refractivity (Wildman–Crippen MR) is 75.3 cm³/mol. The summed E-state index contributed by atoms with van der Waals surface area (Å²) in [7, 11) is 0. The van der Waals surface area contributed by atoms with Crippen LogP contribution in [0.25, 0.3) is 0 Å². The van der Waals surface area contributed by atoms with Crippen LogP contribution in [0.2, 0.25) is 0 Å². The van der Waals surface area contributed by atoms with E-state index in [9.17, 15) is 10.1 Å². The molecule has 2 rings (SSSR count). The van der Waals surface area contributed by atoms with Gasteiger partial charge in [-0.25, -0.2) is 4.98 Å². The normalized spacial score (nSPS) is 22.6. The molecule has 1 N–H and O–H groups in total. The summed E-state index contributed by atoms with van der Waals surface area (Å²) in [5.41, 5.74) is -0.380. The molecule has 1 aromatic rings. The van der Waals surface area contributed by atoms with Gasteiger partial charge in [0.1, 0.15) is 11.9 Å². The fourth-order valence-electron chi connectivity index (χ4n) is 2.60. The van der Waals surface area contributed by atoms with E-state index in [1.807, 2.05) is 0 Å². The zero-order valence-corrected chi connectivity index (χ0v) is 11.5. The molecule has 0 spiro atoms. The van der Waals surface area contributed by atoms with Crippen molar-refractivity contribution in [3.63, 3.8) is 0 Å². The summed E-state index contributed by atoms with van der Waals surface area (Å²) < 4.78 is 0. The number of hydrogen-bond donors (Lipinski definition) is 1. The van der Waals surface area contributed by atoms with Gasteiger partial charge in [0.15, 0.2) is 0 Å². The van der Waals surface area contributed by atoms with E-state index >= 15 is 0 Å². The first-order chi connectivity index (χ1) is 9.60. The quantitative estimate of drug-likeness (QED) is 0.519. The van der Waals surface area contributed by atoms with E-state index in [1.54, 1.807) is 12.1 Å². The summed E-state index contributed by atoms with van der Waals surface area (Å²) in [5.74, 6) is 1.30. The van der Waals surface area contributed by atoms with Crippen LogP contribution in [-0.4, -0.2) is 15.9 Å². The first-order valence-electron chi connectivity index (χ1n) is 6.92. The van der Waals surface area contributed by atoms with Crippen molar-refractivity contribution in [2.45, 2.75) is 45.1 Å². The Labute approximate surface area is 118 Å². The van der Waals surface area contributed by atoms with Gasteiger partial charge in [-0.3, -0.25) is 10.1 Å². The van der Waals surface area contributed by atoms with Gasteiger partial charge in [-0.1, -0.05) is 19.8 Å². The standard InChI is InChI=1S/C14H18N4O2/c1-10-3-2-4-11(6-5-10)16-14-8-7-13(18(19)20)12(9-15)17-14/h7-8,10-11H,2-6H2,1H3,(H,16,17). The third kappa shape index (κ3) is 3.44. The maximum atomic E-state index is 10.8. The lowest BCUT2D eigenvalue weighted by molar-refractivity contribution is -0.385. The van der Waals surface area contributed by atoms with Gasteiger partial charge in [0, 0.05) is 12.1 Å². The van der Waals surface area contributed by atoms with E-state index < -0.39 is 4.92 Å². The molecule has 0 amide bonds. The molecule has 0 radical (unpaired) electrons. The number of nitriles is 1. The molecule has 1 fully saturated rings. The summed E-state index contributed by atoms with van der Waals surface area (Å²) in [5, 5.41) is 23.0. The molecule has 1 aliphatic carbocycles. The fourth-order valence-corrected chi connectivity index (χ4v) is 2.60. The van der Waals surface area contributed by atoms with Gasteiger partial charge < -0.3 is 5.32 Å². The van der Waals surface area contributed by atoms with E-state index in [2.05, 4.69) is 17.2 Å². The second kappa shape index (κ2) is 6.33. The van der Waals surface area contributed by atoms with Crippen molar-refractivity contribution < 1.29 is 4.92 Å². The van der Waals surface area contributed by atoms with Gasteiger partial charge in [-0.15, -0.1) is 0 Å². The van der Waals surface area contributed by atoms with Crippen LogP contribution in [-0.2, 0) is 0 Å². The topological polar surface area (TPSA) is 91.9 Å². The molecule has 6 nitrogen and oxygen atoms in total. The highest BCUT2D eigenvalue weighted by atomic mass is 16.6. The lowest BCUT2D eigenvalue weighted by Gasteiger charge is -2.17. The molecule has 1 aromatic heterocycles. The van der Waals surface area contributed by atoms with Gasteiger partial charge in [0.2, 0.25) is 5.69 Å². The minimum Gasteiger partial charge on any atom is -0.367 e. The maximum Gasteiger partial charge on any atom is 0.305 e. The number of aromatic nitrogens is 1. The summed E-state index contributed by atoms with van der Waals surface area (Å²) in [6.45, 7) is 2.26. The Kier molecular flexibility index (Phi) is 4.51. The first-order valence-corrected chi connectivity index (χ1v) is 6.92. The molecule has 6 heteroatoms. The Morgan fingerprint density at radius 3 is 2.90 bits per heavy atom. The third-order valence-electron chi connectivity index (χ3n) is 3.79. The Bertz CT molecular complexity index is 538. The number of nitrogens with zero attached hydrogens (tertiary/aromatic N) is 3. The van der Waals surface area contributed by atoms with Crippen LogP contribution in [0.3, 0.4) is 0 Å². The van der Waals surface area contributed by atoms with Crippen molar-refractivity contribution in [2.24, 2.45) is 5.92 Å². The van der Waals surface area contributed by atoms with E-state index in [0.717, 1.165) is 18.8 Å². The van der Waals surface area contributed by atoms with E-state index in [1.165, 1.54) is 25.3 Å². The molecule has 1 aliphatic rings. The van der Waals surface area contributed by atoms with Crippen LogP contribution < -0.4 is 5.32 Å².